The zero-order valence-corrected chi connectivity index (χ0v) is 75.7. The number of aromatic nitrogens is 4. The van der Waals surface area contributed by atoms with E-state index >= 15 is 0 Å². The summed E-state index contributed by atoms with van der Waals surface area (Å²) in [7, 11) is 8.07. The molecule has 32 nitrogen and oxygen atoms in total. The lowest BCUT2D eigenvalue weighted by Crippen LogP contribution is -2.57. The second-order valence-corrected chi connectivity index (χ2v) is 36.0. The summed E-state index contributed by atoms with van der Waals surface area (Å²) in [5.74, 6) is 1.46. The molecule has 8 aliphatic heterocycles. The number of imidazole rings is 2. The lowest BCUT2D eigenvalue weighted by atomic mass is 9.91. The Bertz CT molecular complexity index is 5610. The van der Waals surface area contributed by atoms with Crippen molar-refractivity contribution < 1.29 is 90.8 Å². The normalized spacial score (nSPS) is 21.3. The number of fused-ring (bicyclic) bond motifs is 12. The number of likely N-dealkylation sites (tertiary alicyclic amines) is 4. The van der Waals surface area contributed by atoms with Crippen molar-refractivity contribution in [2.75, 3.05) is 42.7 Å². The van der Waals surface area contributed by atoms with Gasteiger partial charge in [0, 0.05) is 80.9 Å². The van der Waals surface area contributed by atoms with Crippen LogP contribution in [0.2, 0.25) is 0 Å². The van der Waals surface area contributed by atoms with Crippen molar-refractivity contribution >= 4 is 92.6 Å². The van der Waals surface area contributed by atoms with Crippen LogP contribution in [0.15, 0.2) is 107 Å². The van der Waals surface area contributed by atoms with Gasteiger partial charge in [-0.25, -0.2) is 38.7 Å². The number of aromatic amines is 2. The monoisotopic (exact) mass is 1760 g/mol. The fourth-order valence-corrected chi connectivity index (χ4v) is 18.6. The number of H-pyrrole nitrogens is 2. The number of carboxylic acids is 1. The number of nitrogens with one attached hydrogen (secondary N) is 5. The molecule has 4 saturated heterocycles. The molecule has 6 aromatic carbocycles. The molecule has 7 amide bonds. The third kappa shape index (κ3) is 19.3. The Morgan fingerprint density at radius 1 is 0.453 bits per heavy atom. The Morgan fingerprint density at radius 2 is 0.805 bits per heavy atom. The number of carbonyl (C=O) groups excluding carboxylic acids is 7. The maximum atomic E-state index is 14.1. The van der Waals surface area contributed by atoms with E-state index in [2.05, 4.69) is 123 Å². The summed E-state index contributed by atoms with van der Waals surface area (Å²) in [6.07, 6.45) is 7.05. The number of amides is 7. The molecule has 2 aromatic heterocycles. The van der Waals surface area contributed by atoms with E-state index in [0.717, 1.165) is 175 Å². The van der Waals surface area contributed by atoms with E-state index in [4.69, 9.17) is 67.7 Å². The van der Waals surface area contributed by atoms with Gasteiger partial charge < -0.3 is 88.2 Å². The number of benzene rings is 6. The highest BCUT2D eigenvalue weighted by Gasteiger charge is 2.47. The second-order valence-electron chi connectivity index (χ2n) is 36.0. The SMILES string of the molecule is C.COC(=O)N[C@H](C(=O)N1[C@@H](C)CC[C@H]1C1=Nc2ccc3cc4c(cc3c2C1)OCc1cc(-c2cnc([C@@H]3CC[C@H](C)N3C(=O)[C@@H](NC(=O)OC)[C@@H](C)OC)[nH]2)ccc1-4)[C@@H](C)OC.COC(=O)N[C@H](C(=O)O)[C@@H](C)OC.C[C@H]1CC[C@@H](C2=Nc3ccc4cc5c(cc4c3C2)OCc2cc(-c3cnc([C@@H]4CC[C@H](C)N4C(=O)OC(C)(C)C)[nH]3)ccc2-5)N1C(=O)OC(C)(C)C. The molecular weight excluding hydrogens is 1640 g/mol. The summed E-state index contributed by atoms with van der Waals surface area (Å²) >= 11 is 0. The van der Waals surface area contributed by atoms with E-state index in [9.17, 15) is 38.4 Å². The van der Waals surface area contributed by atoms with E-state index in [-0.39, 0.29) is 79.8 Å². The Kier molecular flexibility index (Phi) is 28.1. The van der Waals surface area contributed by atoms with Gasteiger partial charge in [0.15, 0.2) is 6.04 Å². The minimum atomic E-state index is -1.17. The fourth-order valence-electron chi connectivity index (χ4n) is 18.6. The number of hydrogen-bond donors (Lipinski definition) is 6. The maximum Gasteiger partial charge on any atom is 0.411 e. The molecule has 8 aromatic rings. The van der Waals surface area contributed by atoms with Crippen LogP contribution in [0, 0.1) is 0 Å². The summed E-state index contributed by atoms with van der Waals surface area (Å²) in [4.78, 5) is 134. The molecule has 4 fully saturated rings. The first-order valence-corrected chi connectivity index (χ1v) is 43.5. The van der Waals surface area contributed by atoms with Crippen molar-refractivity contribution in [1.29, 1.82) is 0 Å². The van der Waals surface area contributed by atoms with E-state index in [0.29, 0.717) is 38.3 Å². The summed E-state index contributed by atoms with van der Waals surface area (Å²) in [6, 6.07) is 26.2. The molecule has 14 atom stereocenters. The van der Waals surface area contributed by atoms with E-state index in [1.165, 1.54) is 48.0 Å². The smallest absolute Gasteiger partial charge is 0.411 e. The van der Waals surface area contributed by atoms with Gasteiger partial charge in [-0.2, -0.15) is 0 Å². The van der Waals surface area contributed by atoms with Gasteiger partial charge in [-0.15, -0.1) is 0 Å². The molecule has 684 valence electrons. The van der Waals surface area contributed by atoms with Gasteiger partial charge in [0.25, 0.3) is 0 Å². The number of nitrogens with zero attached hydrogens (tertiary/aromatic N) is 8. The highest BCUT2D eigenvalue weighted by Crippen LogP contribution is 2.49. The molecule has 6 N–H and O–H groups in total. The number of aliphatic carboxylic acids is 1. The fraction of sp³-hybridized carbons (Fsp3) is 0.500. The standard InChI is InChI=1S/C46H55N7O9.C42H49N5O5.C7H13NO5.CH4/c1-23-9-15-37(52(23)43(54)40(25(3)58-5)50-45(56)60-7)35-19-32-31-20-39-33(18-27(31)12-14-34(32)48-35)30-13-11-28(17-29(30)22-62-39)36-21-47-42(49-36)38-16-10-24(2)53(38)44(55)41(26(4)59-6)51-46(57)61-8;1-23-9-15-35(46(23)39(48)51-41(3,4)5)33-19-30-29-20-37-31(18-25(29)12-14-32(30)44-33)28-13-11-26(17-27(28)22-50-37)34-21-43-38(45-34)36-16-10-24(2)47(36)40(49)52-42(6,7)8;1-4(12-2)5(6(9)10)8-7(11)13-3;/h11-14,17-18,20-21,23-26,37-38,40-41H,9-10,15-16,19,22H2,1-8H3,(H,47,49)(H,50,56)(H,51,57);11-14,17-18,20-21,23-24,35-36H,9-10,15-16,19,22H2,1-8H3,(H,43,45);4-5H,1-3H3,(H,8,11)(H,9,10);1H4/t23-,24-,25+,26+,37-,38-,40-,41-;23-,24-,35-,36-;4-,5+;/m001./s1. The number of rotatable bonds is 18. The zero-order chi connectivity index (χ0) is 91.1. The van der Waals surface area contributed by atoms with Crippen LogP contribution in [0.25, 0.3) is 66.3 Å². The average Bonchev–Trinajstić information content (AvgIpc) is 1.48. The molecule has 0 saturated carbocycles. The minimum absolute atomic E-state index is 0. The molecule has 16 rings (SSSR count). The largest absolute Gasteiger partial charge is 0.488 e. The predicted molar refractivity (Wildman–Crippen MR) is 484 cm³/mol. The van der Waals surface area contributed by atoms with Gasteiger partial charge in [-0.3, -0.25) is 29.4 Å². The maximum absolute atomic E-state index is 14.1. The van der Waals surface area contributed by atoms with Gasteiger partial charge in [-0.1, -0.05) is 43.8 Å². The third-order valence-corrected chi connectivity index (χ3v) is 25.5. The van der Waals surface area contributed by atoms with Crippen LogP contribution in [0.3, 0.4) is 0 Å². The summed E-state index contributed by atoms with van der Waals surface area (Å²) in [5.41, 5.74) is 15.1. The van der Waals surface area contributed by atoms with Crippen LogP contribution in [0.4, 0.5) is 35.3 Å². The molecule has 10 heterocycles. The van der Waals surface area contributed by atoms with E-state index in [1.54, 1.807) is 24.9 Å². The third-order valence-electron chi connectivity index (χ3n) is 25.5. The highest BCUT2D eigenvalue weighted by molar-refractivity contribution is 6.08. The number of carbonyl (C=O) groups is 8. The molecule has 8 aliphatic rings. The number of alkyl carbamates (subject to hydrolysis) is 3. The van der Waals surface area contributed by atoms with Crippen molar-refractivity contribution in [3.63, 3.8) is 0 Å². The predicted octanol–water partition coefficient (Wildman–Crippen LogP) is 16.5. The van der Waals surface area contributed by atoms with E-state index < -0.39 is 71.9 Å². The van der Waals surface area contributed by atoms with Gasteiger partial charge in [0.2, 0.25) is 11.8 Å². The molecule has 0 bridgehead atoms. The van der Waals surface area contributed by atoms with Gasteiger partial charge in [0.1, 0.15) is 59.6 Å². The van der Waals surface area contributed by atoms with Crippen LogP contribution in [-0.2, 0) is 78.3 Å². The van der Waals surface area contributed by atoms with Crippen molar-refractivity contribution in [3.8, 4) is 56.3 Å². The zero-order valence-electron chi connectivity index (χ0n) is 75.7. The molecule has 0 aliphatic carbocycles. The molecule has 128 heavy (non-hydrogen) atoms. The lowest BCUT2D eigenvalue weighted by molar-refractivity contribution is -0.143. The summed E-state index contributed by atoms with van der Waals surface area (Å²) in [6.45, 7) is 25.5. The summed E-state index contributed by atoms with van der Waals surface area (Å²) in [5, 5.41) is 20.5. The number of methoxy groups -OCH3 is 6. The highest BCUT2D eigenvalue weighted by atomic mass is 16.6. The lowest BCUT2D eigenvalue weighted by Gasteiger charge is -2.34. The topological polar surface area (TPSA) is 380 Å². The first-order chi connectivity index (χ1) is 60.5. The van der Waals surface area contributed by atoms with Gasteiger partial charge in [0.05, 0.1) is 99.0 Å². The van der Waals surface area contributed by atoms with E-state index in [1.807, 2.05) is 82.4 Å². The number of carboxylic acid groups (broad SMARTS) is 1. The number of aliphatic imine (C=N–C) groups is 2. The van der Waals surface area contributed by atoms with Crippen LogP contribution in [0.1, 0.15) is 195 Å². The molecular formula is C96H121N13O19. The quantitative estimate of drug-likeness (QED) is 0.0435. The Morgan fingerprint density at radius 3 is 1.19 bits per heavy atom. The van der Waals surface area contributed by atoms with Crippen LogP contribution in [0.5, 0.6) is 11.5 Å². The Hall–Kier alpha value is -12.2. The van der Waals surface area contributed by atoms with Gasteiger partial charge >= 0.3 is 36.4 Å². The van der Waals surface area contributed by atoms with Crippen LogP contribution >= 0.6 is 0 Å². The summed E-state index contributed by atoms with van der Waals surface area (Å²) < 4.78 is 54.0. The number of hydrogen-bond acceptors (Lipinski definition) is 22. The van der Waals surface area contributed by atoms with Crippen molar-refractivity contribution in [2.45, 2.75) is 271 Å². The molecule has 32 heteroatoms. The van der Waals surface area contributed by atoms with Crippen molar-refractivity contribution in [1.82, 2.24) is 55.5 Å². The molecule has 0 unspecified atom stereocenters. The van der Waals surface area contributed by atoms with Crippen LogP contribution < -0.4 is 25.4 Å². The molecule has 0 spiro atoms. The second kappa shape index (κ2) is 38.4. The average molecular weight is 1760 g/mol. The van der Waals surface area contributed by atoms with Crippen molar-refractivity contribution in [3.05, 3.63) is 131 Å². The first kappa shape index (κ1) is 93.5. The van der Waals surface area contributed by atoms with Crippen LogP contribution in [-0.4, -0.2) is 231 Å². The Balaban J connectivity index is 0.000000193. The van der Waals surface area contributed by atoms with Gasteiger partial charge in [-0.05, 0) is 256 Å². The van der Waals surface area contributed by atoms with Crippen molar-refractivity contribution in [2.24, 2.45) is 9.98 Å². The molecule has 0 radical (unpaired) electrons. The Labute approximate surface area is 746 Å². The minimum Gasteiger partial charge on any atom is -0.488 e. The number of ether oxygens (including phenoxy) is 10. The first-order valence-electron chi connectivity index (χ1n) is 43.5.